The third-order valence-electron chi connectivity index (χ3n) is 2.45. The second-order valence-electron chi connectivity index (χ2n) is 5.23. The zero-order chi connectivity index (χ0) is 15.3. The fourth-order valence-corrected chi connectivity index (χ4v) is 1.51. The number of carbonyl (C=O) groups is 2. The van der Waals surface area contributed by atoms with Crippen LogP contribution in [0.4, 0.5) is 5.69 Å². The Kier molecular flexibility index (Phi) is 5.21. The van der Waals surface area contributed by atoms with Crippen LogP contribution >= 0.6 is 12.2 Å². The van der Waals surface area contributed by atoms with Crippen LogP contribution in [0.3, 0.4) is 0 Å². The fraction of sp³-hybridized carbons (Fsp3) is 0.357. The van der Waals surface area contributed by atoms with Gasteiger partial charge in [0.1, 0.15) is 0 Å². The van der Waals surface area contributed by atoms with E-state index in [9.17, 15) is 9.59 Å². The summed E-state index contributed by atoms with van der Waals surface area (Å²) in [5, 5.41) is 5.64. The van der Waals surface area contributed by atoms with Crippen molar-refractivity contribution in [1.82, 2.24) is 5.32 Å². The second-order valence-corrected chi connectivity index (χ2v) is 5.64. The van der Waals surface area contributed by atoms with Crippen molar-refractivity contribution in [3.8, 4) is 0 Å². The molecule has 1 rings (SSSR count). The normalized spacial score (nSPS) is 10.6. The summed E-state index contributed by atoms with van der Waals surface area (Å²) in [4.78, 5) is 23.2. The summed E-state index contributed by atoms with van der Waals surface area (Å²) in [6.07, 6.45) is 0. The summed E-state index contributed by atoms with van der Waals surface area (Å²) in [6.45, 7) is 5.38. The molecular formula is C14H18N2O3S. The smallest absolute Gasteiger partial charge is 0.337 e. The number of nitrogens with one attached hydrogen (secondary N) is 2. The molecule has 0 heterocycles. The van der Waals surface area contributed by atoms with Gasteiger partial charge in [-0.05, 0) is 30.4 Å². The molecular weight excluding hydrogens is 276 g/mol. The van der Waals surface area contributed by atoms with Crippen molar-refractivity contribution in [1.29, 1.82) is 0 Å². The van der Waals surface area contributed by atoms with Gasteiger partial charge in [-0.2, -0.15) is 0 Å². The molecule has 0 saturated heterocycles. The van der Waals surface area contributed by atoms with Crippen molar-refractivity contribution in [2.24, 2.45) is 5.41 Å². The molecule has 0 radical (unpaired) electrons. The maximum absolute atomic E-state index is 11.8. The lowest BCUT2D eigenvalue weighted by Gasteiger charge is -2.18. The van der Waals surface area contributed by atoms with Crippen molar-refractivity contribution in [2.75, 3.05) is 12.4 Å². The highest BCUT2D eigenvalue weighted by Gasteiger charge is 2.22. The zero-order valence-corrected chi connectivity index (χ0v) is 12.8. The van der Waals surface area contributed by atoms with Crippen molar-refractivity contribution >= 4 is 34.9 Å². The quantitative estimate of drug-likeness (QED) is 0.647. The van der Waals surface area contributed by atoms with Gasteiger partial charge in [-0.1, -0.05) is 26.8 Å². The lowest BCUT2D eigenvalue weighted by Crippen LogP contribution is -2.41. The van der Waals surface area contributed by atoms with Gasteiger partial charge in [-0.15, -0.1) is 0 Å². The van der Waals surface area contributed by atoms with Crippen LogP contribution in [0.25, 0.3) is 0 Å². The summed E-state index contributed by atoms with van der Waals surface area (Å²) in [5.74, 6) is -0.614. The average Bonchev–Trinajstić information content (AvgIpc) is 2.36. The van der Waals surface area contributed by atoms with Gasteiger partial charge in [0.05, 0.1) is 12.7 Å². The van der Waals surface area contributed by atoms with Crippen LogP contribution in [0.1, 0.15) is 31.1 Å². The summed E-state index contributed by atoms with van der Waals surface area (Å²) < 4.78 is 4.64. The van der Waals surface area contributed by atoms with E-state index in [1.165, 1.54) is 7.11 Å². The van der Waals surface area contributed by atoms with E-state index in [-0.39, 0.29) is 11.0 Å². The Hall–Kier alpha value is -1.95. The van der Waals surface area contributed by atoms with E-state index in [4.69, 9.17) is 12.2 Å². The standard InChI is InChI=1S/C14H18N2O3S/c1-14(2,3)12(18)16-13(20)15-10-7-5-6-9(8-10)11(17)19-4/h5-8H,1-4H3,(H2,15,16,18,20). The van der Waals surface area contributed by atoms with Crippen LogP contribution < -0.4 is 10.6 Å². The van der Waals surface area contributed by atoms with Crippen LogP contribution in [0, 0.1) is 5.41 Å². The average molecular weight is 294 g/mol. The van der Waals surface area contributed by atoms with E-state index in [1.807, 2.05) is 0 Å². The molecule has 0 aliphatic heterocycles. The molecule has 0 saturated carbocycles. The van der Waals surface area contributed by atoms with Crippen molar-refractivity contribution in [3.63, 3.8) is 0 Å². The van der Waals surface area contributed by atoms with Gasteiger partial charge in [-0.25, -0.2) is 4.79 Å². The van der Waals surface area contributed by atoms with E-state index in [0.717, 1.165) is 0 Å². The van der Waals surface area contributed by atoms with Gasteiger partial charge >= 0.3 is 5.97 Å². The van der Waals surface area contributed by atoms with Crippen LogP contribution in [0.2, 0.25) is 0 Å². The number of anilines is 1. The van der Waals surface area contributed by atoms with Gasteiger partial charge in [0.2, 0.25) is 5.91 Å². The van der Waals surface area contributed by atoms with Crippen molar-refractivity contribution in [3.05, 3.63) is 29.8 Å². The molecule has 6 heteroatoms. The number of ether oxygens (including phenoxy) is 1. The summed E-state index contributed by atoms with van der Waals surface area (Å²) >= 11 is 5.06. The maximum atomic E-state index is 11.8. The predicted molar refractivity (Wildman–Crippen MR) is 81.6 cm³/mol. The number of thiocarbonyl (C=S) groups is 1. The van der Waals surface area contributed by atoms with E-state index >= 15 is 0 Å². The number of hydrogen-bond donors (Lipinski definition) is 2. The molecule has 1 aromatic carbocycles. The zero-order valence-electron chi connectivity index (χ0n) is 11.9. The molecule has 0 unspecified atom stereocenters. The SMILES string of the molecule is COC(=O)c1cccc(NC(=S)NC(=O)C(C)(C)C)c1. The predicted octanol–water partition coefficient (Wildman–Crippen LogP) is 2.33. The summed E-state index contributed by atoms with van der Waals surface area (Å²) in [5.41, 5.74) is 0.481. The number of carbonyl (C=O) groups excluding carboxylic acids is 2. The Labute approximate surface area is 123 Å². The lowest BCUT2D eigenvalue weighted by molar-refractivity contribution is -0.126. The highest BCUT2D eigenvalue weighted by atomic mass is 32.1. The van der Waals surface area contributed by atoms with E-state index < -0.39 is 11.4 Å². The number of esters is 1. The fourth-order valence-electron chi connectivity index (χ4n) is 1.29. The van der Waals surface area contributed by atoms with Crippen LogP contribution in [0.5, 0.6) is 0 Å². The van der Waals surface area contributed by atoms with E-state index in [1.54, 1.807) is 45.0 Å². The van der Waals surface area contributed by atoms with Gasteiger partial charge < -0.3 is 15.4 Å². The number of hydrogen-bond acceptors (Lipinski definition) is 4. The second kappa shape index (κ2) is 6.47. The third kappa shape index (κ3) is 4.62. The molecule has 0 atom stereocenters. The number of methoxy groups -OCH3 is 1. The van der Waals surface area contributed by atoms with E-state index in [2.05, 4.69) is 15.4 Å². The molecule has 0 aliphatic rings. The monoisotopic (exact) mass is 294 g/mol. The topological polar surface area (TPSA) is 67.4 Å². The van der Waals surface area contributed by atoms with E-state index in [0.29, 0.717) is 11.3 Å². The molecule has 2 N–H and O–H groups in total. The molecule has 108 valence electrons. The molecule has 5 nitrogen and oxygen atoms in total. The third-order valence-corrected chi connectivity index (χ3v) is 2.65. The van der Waals surface area contributed by atoms with Gasteiger partial charge in [-0.3, -0.25) is 4.79 Å². The number of benzene rings is 1. The molecule has 20 heavy (non-hydrogen) atoms. The molecule has 0 aromatic heterocycles. The van der Waals surface area contributed by atoms with Crippen LogP contribution in [-0.2, 0) is 9.53 Å². The first-order chi connectivity index (χ1) is 9.24. The first-order valence-electron chi connectivity index (χ1n) is 6.05. The first-order valence-corrected chi connectivity index (χ1v) is 6.45. The molecule has 1 amide bonds. The Morgan fingerprint density at radius 2 is 1.90 bits per heavy atom. The Morgan fingerprint density at radius 1 is 1.25 bits per heavy atom. The van der Waals surface area contributed by atoms with Crippen LogP contribution in [-0.4, -0.2) is 24.1 Å². The van der Waals surface area contributed by atoms with Gasteiger partial charge in [0.25, 0.3) is 0 Å². The summed E-state index contributed by atoms with van der Waals surface area (Å²) in [7, 11) is 1.32. The Balaban J connectivity index is 2.72. The van der Waals surface area contributed by atoms with Crippen molar-refractivity contribution in [2.45, 2.75) is 20.8 Å². The minimum atomic E-state index is -0.528. The molecule has 0 spiro atoms. The van der Waals surface area contributed by atoms with Crippen molar-refractivity contribution < 1.29 is 14.3 Å². The largest absolute Gasteiger partial charge is 0.465 e. The number of amides is 1. The Morgan fingerprint density at radius 3 is 2.45 bits per heavy atom. The first kappa shape index (κ1) is 16.1. The highest BCUT2D eigenvalue weighted by Crippen LogP contribution is 2.14. The lowest BCUT2D eigenvalue weighted by atomic mass is 9.96. The molecule has 0 aliphatic carbocycles. The summed E-state index contributed by atoms with van der Waals surface area (Å²) in [6, 6.07) is 6.67. The highest BCUT2D eigenvalue weighted by molar-refractivity contribution is 7.80. The molecule has 0 fully saturated rings. The van der Waals surface area contributed by atoms with Gasteiger partial charge in [0.15, 0.2) is 5.11 Å². The molecule has 0 bridgehead atoms. The van der Waals surface area contributed by atoms with Gasteiger partial charge in [0, 0.05) is 11.1 Å². The molecule has 1 aromatic rings. The minimum Gasteiger partial charge on any atom is -0.465 e. The Bertz CT molecular complexity index is 535. The maximum Gasteiger partial charge on any atom is 0.337 e. The van der Waals surface area contributed by atoms with Crippen LogP contribution in [0.15, 0.2) is 24.3 Å². The number of rotatable bonds is 2. The minimum absolute atomic E-state index is 0.181.